The van der Waals surface area contributed by atoms with Crippen LogP contribution in [0, 0.1) is 0 Å². The lowest BCUT2D eigenvalue weighted by molar-refractivity contribution is -0.141. The maximum Gasteiger partial charge on any atom is 0.433 e. The molecule has 0 aliphatic carbocycles. The van der Waals surface area contributed by atoms with E-state index in [0.29, 0.717) is 0 Å². The molecule has 1 aliphatic heterocycles. The van der Waals surface area contributed by atoms with E-state index in [-0.39, 0.29) is 11.9 Å². The second-order valence-corrected chi connectivity index (χ2v) is 6.25. The van der Waals surface area contributed by atoms with Crippen LogP contribution in [0.3, 0.4) is 0 Å². The predicted molar refractivity (Wildman–Crippen MR) is 87.0 cm³/mol. The van der Waals surface area contributed by atoms with Crippen LogP contribution in [0.15, 0.2) is 24.8 Å². The summed E-state index contributed by atoms with van der Waals surface area (Å²) in [6.45, 7) is 2.74. The van der Waals surface area contributed by atoms with E-state index in [1.54, 1.807) is 6.20 Å². The lowest BCUT2D eigenvalue weighted by Crippen LogP contribution is -2.40. The lowest BCUT2D eigenvalue weighted by atomic mass is 10.0. The van der Waals surface area contributed by atoms with Gasteiger partial charge in [-0.2, -0.15) is 13.2 Å². The summed E-state index contributed by atoms with van der Waals surface area (Å²) in [5, 5.41) is 3.10. The first-order valence-corrected chi connectivity index (χ1v) is 8.26. The Morgan fingerprint density at radius 2 is 1.96 bits per heavy atom. The Labute approximate surface area is 144 Å². The molecule has 0 saturated carbocycles. The molecule has 0 aromatic carbocycles. The Hall–Kier alpha value is -2.16. The van der Waals surface area contributed by atoms with E-state index >= 15 is 0 Å². The zero-order chi connectivity index (χ0) is 17.9. The zero-order valence-corrected chi connectivity index (χ0v) is 14.0. The minimum Gasteiger partial charge on any atom is -0.367 e. The van der Waals surface area contributed by atoms with Crippen LogP contribution in [-0.2, 0) is 19.6 Å². The normalized spacial score (nSPS) is 17.0. The predicted octanol–water partition coefficient (Wildman–Crippen LogP) is 2.35. The van der Waals surface area contributed by atoms with Crippen molar-refractivity contribution in [3.8, 4) is 0 Å². The summed E-state index contributed by atoms with van der Waals surface area (Å²) in [5.74, 6) is 1.29. The van der Waals surface area contributed by atoms with Gasteiger partial charge in [-0.25, -0.2) is 15.0 Å². The van der Waals surface area contributed by atoms with Crippen LogP contribution in [0.25, 0.3) is 0 Å². The van der Waals surface area contributed by atoms with Crippen LogP contribution in [0.1, 0.15) is 24.4 Å². The fourth-order valence-corrected chi connectivity index (χ4v) is 3.00. The number of piperidine rings is 1. The lowest BCUT2D eigenvalue weighted by Gasteiger charge is -2.32. The molecule has 0 atom stereocenters. The number of nitrogens with zero attached hydrogens (tertiary/aromatic N) is 5. The molecule has 0 spiro atoms. The summed E-state index contributed by atoms with van der Waals surface area (Å²) < 4.78 is 40.1. The van der Waals surface area contributed by atoms with Gasteiger partial charge in [0.25, 0.3) is 0 Å². The summed E-state index contributed by atoms with van der Waals surface area (Å²) in [7, 11) is 1.98. The van der Waals surface area contributed by atoms with E-state index in [0.717, 1.165) is 57.1 Å². The third kappa shape index (κ3) is 4.68. The molecule has 25 heavy (non-hydrogen) atoms. The summed E-state index contributed by atoms with van der Waals surface area (Å²) >= 11 is 0. The molecule has 1 aliphatic rings. The van der Waals surface area contributed by atoms with Crippen molar-refractivity contribution in [1.82, 2.24) is 24.4 Å². The first kappa shape index (κ1) is 17.7. The topological polar surface area (TPSA) is 58.9 Å². The van der Waals surface area contributed by atoms with Gasteiger partial charge >= 0.3 is 6.18 Å². The largest absolute Gasteiger partial charge is 0.433 e. The van der Waals surface area contributed by atoms with Crippen LogP contribution in [0.2, 0.25) is 0 Å². The number of halogens is 3. The van der Waals surface area contributed by atoms with Crippen LogP contribution in [0.4, 0.5) is 19.0 Å². The molecule has 3 rings (SSSR count). The quantitative estimate of drug-likeness (QED) is 0.893. The van der Waals surface area contributed by atoms with Gasteiger partial charge < -0.3 is 14.8 Å². The van der Waals surface area contributed by atoms with E-state index in [4.69, 9.17) is 0 Å². The second-order valence-electron chi connectivity index (χ2n) is 6.25. The number of aromatic nitrogens is 4. The smallest absolute Gasteiger partial charge is 0.367 e. The van der Waals surface area contributed by atoms with E-state index in [1.165, 1.54) is 0 Å². The van der Waals surface area contributed by atoms with Gasteiger partial charge in [0.2, 0.25) is 0 Å². The van der Waals surface area contributed by atoms with Crippen LogP contribution in [-0.4, -0.2) is 50.1 Å². The third-order valence-electron chi connectivity index (χ3n) is 4.47. The summed E-state index contributed by atoms with van der Waals surface area (Å²) in [5.41, 5.74) is -0.919. The minimum absolute atomic E-state index is 0.125. The van der Waals surface area contributed by atoms with Gasteiger partial charge in [-0.1, -0.05) is 0 Å². The zero-order valence-electron chi connectivity index (χ0n) is 14.0. The molecular weight excluding hydrogens is 333 g/mol. The summed E-state index contributed by atoms with van der Waals surface area (Å²) in [6.07, 6.45) is 2.85. The van der Waals surface area contributed by atoms with Crippen molar-refractivity contribution < 1.29 is 13.2 Å². The molecule has 0 unspecified atom stereocenters. The molecular formula is C16H21F3N6. The SMILES string of the molecule is Cn1ccnc1CCN1CCC(Nc2cc(C(F)(F)F)ncn2)CC1. The monoisotopic (exact) mass is 354 g/mol. The molecule has 1 fully saturated rings. The molecule has 6 nitrogen and oxygen atoms in total. The minimum atomic E-state index is -4.45. The number of hydrogen-bond acceptors (Lipinski definition) is 5. The van der Waals surface area contributed by atoms with Crippen molar-refractivity contribution >= 4 is 5.82 Å². The average molecular weight is 354 g/mol. The second kappa shape index (κ2) is 7.38. The Morgan fingerprint density at radius 3 is 2.60 bits per heavy atom. The summed E-state index contributed by atoms with van der Waals surface area (Å²) in [6, 6.07) is 1.09. The summed E-state index contributed by atoms with van der Waals surface area (Å²) in [4.78, 5) is 13.9. The number of hydrogen-bond donors (Lipinski definition) is 1. The van der Waals surface area contributed by atoms with Crippen molar-refractivity contribution in [3.63, 3.8) is 0 Å². The maximum atomic E-state index is 12.7. The van der Waals surface area contributed by atoms with Crippen molar-refractivity contribution in [2.45, 2.75) is 31.5 Å². The number of alkyl halides is 3. The molecule has 0 bridgehead atoms. The highest BCUT2D eigenvalue weighted by Crippen LogP contribution is 2.28. The Kier molecular flexibility index (Phi) is 5.22. The molecule has 1 N–H and O–H groups in total. The first-order chi connectivity index (χ1) is 11.9. The number of imidazole rings is 1. The van der Waals surface area contributed by atoms with E-state index in [2.05, 4.69) is 25.2 Å². The van der Waals surface area contributed by atoms with Crippen molar-refractivity contribution in [3.05, 3.63) is 36.3 Å². The molecule has 1 saturated heterocycles. The highest BCUT2D eigenvalue weighted by molar-refractivity contribution is 5.36. The average Bonchev–Trinajstić information content (AvgIpc) is 2.99. The van der Waals surface area contributed by atoms with Gasteiger partial charge in [0.15, 0.2) is 0 Å². The highest BCUT2D eigenvalue weighted by atomic mass is 19.4. The highest BCUT2D eigenvalue weighted by Gasteiger charge is 2.33. The van der Waals surface area contributed by atoms with Gasteiger partial charge in [-0.05, 0) is 12.8 Å². The molecule has 2 aromatic rings. The van der Waals surface area contributed by atoms with E-state index in [9.17, 15) is 13.2 Å². The van der Waals surface area contributed by atoms with E-state index < -0.39 is 11.9 Å². The number of nitrogens with one attached hydrogen (secondary N) is 1. The van der Waals surface area contributed by atoms with Crippen LogP contribution >= 0.6 is 0 Å². The van der Waals surface area contributed by atoms with Gasteiger partial charge in [0.05, 0.1) is 0 Å². The number of rotatable bonds is 5. The maximum absolute atomic E-state index is 12.7. The number of aryl methyl sites for hydroxylation is 1. The fraction of sp³-hybridized carbons (Fsp3) is 0.562. The van der Waals surface area contributed by atoms with Gasteiger partial charge in [-0.3, -0.25) is 0 Å². The molecule has 0 amide bonds. The Bertz CT molecular complexity index is 691. The van der Waals surface area contributed by atoms with Gasteiger partial charge in [-0.15, -0.1) is 0 Å². The van der Waals surface area contributed by atoms with Crippen molar-refractivity contribution in [2.75, 3.05) is 25.0 Å². The van der Waals surface area contributed by atoms with Crippen molar-refractivity contribution in [1.29, 1.82) is 0 Å². The first-order valence-electron chi connectivity index (χ1n) is 8.26. The standard InChI is InChI=1S/C16H21F3N6/c1-24-9-5-20-15(24)4-8-25-6-2-12(3-7-25)23-14-10-13(16(17,18)19)21-11-22-14/h5,9-12H,2-4,6-8H2,1H3,(H,21,22,23). The van der Waals surface area contributed by atoms with Crippen LogP contribution < -0.4 is 5.32 Å². The number of likely N-dealkylation sites (tertiary alicyclic amines) is 1. The van der Waals surface area contributed by atoms with Gasteiger partial charge in [0.1, 0.15) is 23.7 Å². The molecule has 9 heteroatoms. The molecule has 0 radical (unpaired) electrons. The Morgan fingerprint density at radius 1 is 1.20 bits per heavy atom. The number of anilines is 1. The molecule has 3 heterocycles. The fourth-order valence-electron chi connectivity index (χ4n) is 3.00. The van der Waals surface area contributed by atoms with E-state index in [1.807, 2.05) is 17.8 Å². The van der Waals surface area contributed by atoms with Gasteiger partial charge in [0, 0.05) is 57.6 Å². The molecule has 2 aromatic heterocycles. The van der Waals surface area contributed by atoms with Crippen molar-refractivity contribution in [2.24, 2.45) is 7.05 Å². The Balaban J connectivity index is 1.47. The third-order valence-corrected chi connectivity index (χ3v) is 4.47. The molecule has 136 valence electrons. The van der Waals surface area contributed by atoms with Crippen LogP contribution in [0.5, 0.6) is 0 Å².